The van der Waals surface area contributed by atoms with E-state index in [2.05, 4.69) is 5.32 Å². The molecule has 0 saturated carbocycles. The van der Waals surface area contributed by atoms with Crippen molar-refractivity contribution in [3.8, 4) is 5.75 Å². The van der Waals surface area contributed by atoms with E-state index >= 15 is 0 Å². The molecule has 0 radical (unpaired) electrons. The van der Waals surface area contributed by atoms with E-state index in [9.17, 15) is 9.59 Å². The van der Waals surface area contributed by atoms with Gasteiger partial charge in [-0.25, -0.2) is 0 Å². The Morgan fingerprint density at radius 2 is 1.34 bits per heavy atom. The zero-order chi connectivity index (χ0) is 20.3. The van der Waals surface area contributed by atoms with Crippen molar-refractivity contribution in [3.63, 3.8) is 0 Å². The Morgan fingerprint density at radius 3 is 2.00 bits per heavy atom. The second-order valence-electron chi connectivity index (χ2n) is 6.39. The summed E-state index contributed by atoms with van der Waals surface area (Å²) in [4.78, 5) is 24.9. The summed E-state index contributed by atoms with van der Waals surface area (Å²) in [6.45, 7) is 0.407. The van der Waals surface area contributed by atoms with Crippen LogP contribution in [0.15, 0.2) is 91.0 Å². The van der Waals surface area contributed by atoms with Gasteiger partial charge < -0.3 is 14.8 Å². The van der Waals surface area contributed by atoms with E-state index in [0.717, 1.165) is 11.3 Å². The second-order valence-corrected chi connectivity index (χ2v) is 6.39. The van der Waals surface area contributed by atoms with Crippen molar-refractivity contribution < 1.29 is 19.1 Å². The standard InChI is InChI=1S/C24H23NO4/c26-23(29-17-16-28-21-14-8-3-9-15-21)18-22(19-10-4-1-5-11-19)25-24(27)20-12-6-2-7-13-20/h1-15,22H,16-18H2,(H,25,27)/t22-/m1/s1. The van der Waals surface area contributed by atoms with Crippen LogP contribution in [0.3, 0.4) is 0 Å². The molecule has 148 valence electrons. The van der Waals surface area contributed by atoms with Crippen LogP contribution in [0.2, 0.25) is 0 Å². The van der Waals surface area contributed by atoms with Crippen molar-refractivity contribution in [2.45, 2.75) is 12.5 Å². The summed E-state index contributed by atoms with van der Waals surface area (Å²) in [6, 6.07) is 27.1. The molecule has 5 heteroatoms. The minimum atomic E-state index is -0.480. The van der Waals surface area contributed by atoms with Gasteiger partial charge in [-0.1, -0.05) is 66.7 Å². The smallest absolute Gasteiger partial charge is 0.308 e. The van der Waals surface area contributed by atoms with E-state index < -0.39 is 12.0 Å². The lowest BCUT2D eigenvalue weighted by molar-refractivity contribution is -0.144. The number of ether oxygens (including phenoxy) is 2. The van der Waals surface area contributed by atoms with Crippen molar-refractivity contribution in [1.29, 1.82) is 0 Å². The second kappa shape index (κ2) is 10.7. The van der Waals surface area contributed by atoms with E-state index in [-0.39, 0.29) is 25.5 Å². The minimum absolute atomic E-state index is 0.0356. The van der Waals surface area contributed by atoms with Crippen LogP contribution in [0.4, 0.5) is 0 Å². The van der Waals surface area contributed by atoms with Crippen molar-refractivity contribution in [2.24, 2.45) is 0 Å². The third-order valence-electron chi connectivity index (χ3n) is 4.27. The third-order valence-corrected chi connectivity index (χ3v) is 4.27. The van der Waals surface area contributed by atoms with Crippen LogP contribution in [0, 0.1) is 0 Å². The lowest BCUT2D eigenvalue weighted by Crippen LogP contribution is -2.30. The summed E-state index contributed by atoms with van der Waals surface area (Å²) in [6.07, 6.45) is 0.0356. The summed E-state index contributed by atoms with van der Waals surface area (Å²) in [5, 5.41) is 2.93. The van der Waals surface area contributed by atoms with Gasteiger partial charge in [-0.15, -0.1) is 0 Å². The van der Waals surface area contributed by atoms with Crippen LogP contribution >= 0.6 is 0 Å². The first-order valence-electron chi connectivity index (χ1n) is 9.47. The largest absolute Gasteiger partial charge is 0.490 e. The molecule has 3 rings (SSSR count). The Bertz CT molecular complexity index is 898. The lowest BCUT2D eigenvalue weighted by Gasteiger charge is -2.19. The average Bonchev–Trinajstić information content (AvgIpc) is 2.78. The Hall–Kier alpha value is -3.60. The fourth-order valence-corrected chi connectivity index (χ4v) is 2.83. The van der Waals surface area contributed by atoms with Crippen LogP contribution in [0.5, 0.6) is 5.75 Å². The Kier molecular flexibility index (Phi) is 7.41. The van der Waals surface area contributed by atoms with Gasteiger partial charge >= 0.3 is 5.97 Å². The number of carbonyl (C=O) groups excluding carboxylic acids is 2. The van der Waals surface area contributed by atoms with Crippen molar-refractivity contribution in [1.82, 2.24) is 5.32 Å². The Morgan fingerprint density at radius 1 is 0.759 bits per heavy atom. The molecule has 0 bridgehead atoms. The minimum Gasteiger partial charge on any atom is -0.490 e. The molecule has 29 heavy (non-hydrogen) atoms. The Labute approximate surface area is 170 Å². The van der Waals surface area contributed by atoms with Crippen LogP contribution in [-0.4, -0.2) is 25.1 Å². The molecule has 5 nitrogen and oxygen atoms in total. The van der Waals surface area contributed by atoms with Crippen molar-refractivity contribution in [3.05, 3.63) is 102 Å². The van der Waals surface area contributed by atoms with Crippen molar-refractivity contribution in [2.75, 3.05) is 13.2 Å². The summed E-state index contributed by atoms with van der Waals surface area (Å²) in [5.41, 5.74) is 1.38. The number of esters is 1. The number of carbonyl (C=O) groups is 2. The maximum Gasteiger partial charge on any atom is 0.308 e. The highest BCUT2D eigenvalue weighted by atomic mass is 16.6. The molecule has 0 spiro atoms. The van der Waals surface area contributed by atoms with E-state index in [4.69, 9.17) is 9.47 Å². The molecule has 0 fully saturated rings. The van der Waals surface area contributed by atoms with Gasteiger partial charge in [0.1, 0.15) is 19.0 Å². The number of nitrogens with one attached hydrogen (secondary N) is 1. The van der Waals surface area contributed by atoms with Gasteiger partial charge in [-0.2, -0.15) is 0 Å². The molecule has 0 aromatic heterocycles. The number of hydrogen-bond acceptors (Lipinski definition) is 4. The maximum absolute atomic E-state index is 12.5. The highest BCUT2D eigenvalue weighted by Crippen LogP contribution is 2.18. The van der Waals surface area contributed by atoms with Gasteiger partial charge in [-0.05, 0) is 29.8 Å². The highest BCUT2D eigenvalue weighted by Gasteiger charge is 2.20. The first-order valence-corrected chi connectivity index (χ1v) is 9.47. The van der Waals surface area contributed by atoms with E-state index in [1.165, 1.54) is 0 Å². The Balaban J connectivity index is 1.55. The SMILES string of the molecule is O=C(C[C@@H](NC(=O)c1ccccc1)c1ccccc1)OCCOc1ccccc1. The van der Waals surface area contributed by atoms with Crippen LogP contribution in [0.25, 0.3) is 0 Å². The molecule has 0 unspecified atom stereocenters. The first-order chi connectivity index (χ1) is 14.2. The van der Waals surface area contributed by atoms with Gasteiger partial charge in [0, 0.05) is 5.56 Å². The number of hydrogen-bond donors (Lipinski definition) is 1. The summed E-state index contributed by atoms with van der Waals surface area (Å²) < 4.78 is 10.8. The molecule has 1 N–H and O–H groups in total. The zero-order valence-electron chi connectivity index (χ0n) is 16.0. The van der Waals surface area contributed by atoms with E-state index in [0.29, 0.717) is 5.56 Å². The molecule has 1 amide bonds. The average molecular weight is 389 g/mol. The normalized spacial score (nSPS) is 11.3. The van der Waals surface area contributed by atoms with Crippen LogP contribution in [0.1, 0.15) is 28.4 Å². The molecule has 0 aliphatic rings. The van der Waals surface area contributed by atoms with Crippen LogP contribution in [-0.2, 0) is 9.53 Å². The lowest BCUT2D eigenvalue weighted by atomic mass is 10.0. The predicted octanol–water partition coefficient (Wildman–Crippen LogP) is 4.17. The molecule has 3 aromatic carbocycles. The highest BCUT2D eigenvalue weighted by molar-refractivity contribution is 5.94. The van der Waals surface area contributed by atoms with Gasteiger partial charge in [0.2, 0.25) is 0 Å². The molecule has 0 aliphatic carbocycles. The molecule has 0 aliphatic heterocycles. The van der Waals surface area contributed by atoms with Gasteiger partial charge in [-0.3, -0.25) is 9.59 Å². The van der Waals surface area contributed by atoms with Gasteiger partial charge in [0.05, 0.1) is 12.5 Å². The molecule has 0 saturated heterocycles. The predicted molar refractivity (Wildman–Crippen MR) is 111 cm³/mol. The quantitative estimate of drug-likeness (QED) is 0.441. The monoisotopic (exact) mass is 389 g/mol. The molecule has 0 heterocycles. The molecular weight excluding hydrogens is 366 g/mol. The zero-order valence-corrected chi connectivity index (χ0v) is 16.0. The summed E-state index contributed by atoms with van der Waals surface area (Å²) in [5.74, 6) is 0.0874. The van der Waals surface area contributed by atoms with Gasteiger partial charge in [0.15, 0.2) is 0 Å². The number of benzene rings is 3. The molecule has 3 aromatic rings. The third kappa shape index (κ3) is 6.50. The number of amides is 1. The fourth-order valence-electron chi connectivity index (χ4n) is 2.83. The topological polar surface area (TPSA) is 64.6 Å². The number of rotatable bonds is 9. The van der Waals surface area contributed by atoms with Crippen LogP contribution < -0.4 is 10.1 Å². The summed E-state index contributed by atoms with van der Waals surface area (Å²) in [7, 11) is 0. The van der Waals surface area contributed by atoms with Crippen molar-refractivity contribution >= 4 is 11.9 Å². The summed E-state index contributed by atoms with van der Waals surface area (Å²) >= 11 is 0. The number of para-hydroxylation sites is 1. The fraction of sp³-hybridized carbons (Fsp3) is 0.167. The molecular formula is C24H23NO4. The van der Waals surface area contributed by atoms with E-state index in [1.807, 2.05) is 66.7 Å². The van der Waals surface area contributed by atoms with Gasteiger partial charge in [0.25, 0.3) is 5.91 Å². The molecule has 1 atom stereocenters. The maximum atomic E-state index is 12.5. The first kappa shape index (κ1) is 20.1. The van der Waals surface area contributed by atoms with E-state index in [1.54, 1.807) is 24.3 Å².